The molecule has 2 N–H and O–H groups in total. The van der Waals surface area contributed by atoms with Crippen molar-refractivity contribution in [3.05, 3.63) is 66.0 Å². The minimum Gasteiger partial charge on any atom is -0.368 e. The molecule has 26 heavy (non-hydrogen) atoms. The van der Waals surface area contributed by atoms with E-state index in [2.05, 4.69) is 20.6 Å². The lowest BCUT2D eigenvalue weighted by molar-refractivity contribution is -0.137. The second kappa shape index (κ2) is 7.38. The summed E-state index contributed by atoms with van der Waals surface area (Å²) < 4.78 is 38.6. The van der Waals surface area contributed by atoms with Crippen molar-refractivity contribution < 1.29 is 18.0 Å². The van der Waals surface area contributed by atoms with Crippen LogP contribution in [0, 0.1) is 0 Å². The number of benzene rings is 1. The third-order valence-electron chi connectivity index (χ3n) is 3.65. The Morgan fingerprint density at radius 1 is 1.00 bits per heavy atom. The van der Waals surface area contributed by atoms with Gasteiger partial charge in [0.25, 0.3) is 5.91 Å². The fraction of sp³-hybridized carbons (Fsp3) is 0.167. The number of carbonyl (C=O) groups is 1. The minimum atomic E-state index is -4.49. The molecule has 3 rings (SSSR count). The lowest BCUT2D eigenvalue weighted by atomic mass is 10.2. The fourth-order valence-electron chi connectivity index (χ4n) is 2.41. The summed E-state index contributed by atoms with van der Waals surface area (Å²) in [7, 11) is 0. The monoisotopic (exact) mass is 360 g/mol. The number of carbonyl (C=O) groups excluding carboxylic acids is 1. The predicted molar refractivity (Wildman–Crippen MR) is 91.8 cm³/mol. The van der Waals surface area contributed by atoms with Crippen molar-refractivity contribution in [2.24, 2.45) is 0 Å². The number of nitrogens with one attached hydrogen (secondary N) is 2. The molecule has 0 aliphatic carbocycles. The molecule has 0 saturated heterocycles. The molecule has 1 amide bonds. The van der Waals surface area contributed by atoms with Gasteiger partial charge >= 0.3 is 6.18 Å². The normalized spacial score (nSPS) is 11.3. The van der Waals surface area contributed by atoms with Crippen LogP contribution in [0.25, 0.3) is 10.9 Å². The topological polar surface area (TPSA) is 66.9 Å². The smallest absolute Gasteiger partial charge is 0.368 e. The first-order valence-corrected chi connectivity index (χ1v) is 7.85. The maximum atomic E-state index is 12.9. The molecule has 0 fully saturated rings. The number of alkyl halides is 3. The Morgan fingerprint density at radius 2 is 1.81 bits per heavy atom. The molecule has 0 spiro atoms. The SMILES string of the molecule is O=C(NCCNc1ncccc1C(F)(F)F)c1ccc2ccccc2n1. The molecule has 0 saturated carbocycles. The highest BCUT2D eigenvalue weighted by atomic mass is 19.4. The zero-order valence-corrected chi connectivity index (χ0v) is 13.5. The molecule has 0 aliphatic heterocycles. The van der Waals surface area contributed by atoms with Crippen molar-refractivity contribution in [3.63, 3.8) is 0 Å². The number of amides is 1. The van der Waals surface area contributed by atoms with Crippen LogP contribution in [0.5, 0.6) is 0 Å². The number of nitrogens with zero attached hydrogens (tertiary/aromatic N) is 2. The van der Waals surface area contributed by atoms with Gasteiger partial charge in [0.1, 0.15) is 11.5 Å². The van der Waals surface area contributed by atoms with Gasteiger partial charge in [-0.05, 0) is 24.3 Å². The first-order valence-electron chi connectivity index (χ1n) is 7.85. The average molecular weight is 360 g/mol. The van der Waals surface area contributed by atoms with Crippen molar-refractivity contribution in [2.45, 2.75) is 6.18 Å². The van der Waals surface area contributed by atoms with Gasteiger partial charge in [0, 0.05) is 24.7 Å². The third-order valence-corrected chi connectivity index (χ3v) is 3.65. The van der Waals surface area contributed by atoms with Crippen LogP contribution in [-0.4, -0.2) is 29.0 Å². The Bertz CT molecular complexity index is 927. The van der Waals surface area contributed by atoms with Crippen molar-refractivity contribution in [3.8, 4) is 0 Å². The highest BCUT2D eigenvalue weighted by Crippen LogP contribution is 2.33. The molecule has 134 valence electrons. The Balaban J connectivity index is 1.57. The molecule has 3 aromatic rings. The number of para-hydroxylation sites is 1. The molecule has 8 heteroatoms. The van der Waals surface area contributed by atoms with E-state index in [4.69, 9.17) is 0 Å². The summed E-state index contributed by atoms with van der Waals surface area (Å²) in [6.45, 7) is 0.223. The van der Waals surface area contributed by atoms with Gasteiger partial charge in [-0.1, -0.05) is 24.3 Å². The van der Waals surface area contributed by atoms with Gasteiger partial charge in [-0.15, -0.1) is 0 Å². The number of rotatable bonds is 5. The van der Waals surface area contributed by atoms with Crippen LogP contribution in [0.1, 0.15) is 16.1 Å². The summed E-state index contributed by atoms with van der Waals surface area (Å²) in [5, 5.41) is 6.13. The summed E-state index contributed by atoms with van der Waals surface area (Å²) >= 11 is 0. The average Bonchev–Trinajstić information content (AvgIpc) is 2.64. The molecule has 0 aliphatic rings. The summed E-state index contributed by atoms with van der Waals surface area (Å²) in [6.07, 6.45) is -3.22. The molecule has 2 heterocycles. The molecule has 0 unspecified atom stereocenters. The summed E-state index contributed by atoms with van der Waals surface area (Å²) in [6, 6.07) is 13.0. The van der Waals surface area contributed by atoms with E-state index in [-0.39, 0.29) is 24.6 Å². The minimum absolute atomic E-state index is 0.0966. The standard InChI is InChI=1S/C18H15F3N4O/c19-18(20,21)13-5-3-9-22-16(13)23-10-11-24-17(26)15-8-7-12-4-1-2-6-14(12)25-15/h1-9H,10-11H2,(H,22,23)(H,24,26). The molecule has 0 bridgehead atoms. The van der Waals surface area contributed by atoms with Gasteiger partial charge in [0.2, 0.25) is 0 Å². The lowest BCUT2D eigenvalue weighted by Gasteiger charge is -2.13. The zero-order valence-electron chi connectivity index (χ0n) is 13.5. The highest BCUT2D eigenvalue weighted by molar-refractivity contribution is 5.94. The molecule has 2 aromatic heterocycles. The maximum absolute atomic E-state index is 12.9. The second-order valence-electron chi connectivity index (χ2n) is 5.47. The van der Waals surface area contributed by atoms with E-state index in [0.29, 0.717) is 5.52 Å². The number of fused-ring (bicyclic) bond motifs is 1. The number of halogens is 3. The van der Waals surface area contributed by atoms with Crippen molar-refractivity contribution in [1.82, 2.24) is 15.3 Å². The van der Waals surface area contributed by atoms with Gasteiger partial charge in [-0.3, -0.25) is 4.79 Å². The molecule has 1 aromatic carbocycles. The van der Waals surface area contributed by atoms with E-state index in [1.807, 2.05) is 18.2 Å². The fourth-order valence-corrected chi connectivity index (χ4v) is 2.41. The Hall–Kier alpha value is -3.16. The van der Waals surface area contributed by atoms with E-state index in [1.165, 1.54) is 12.3 Å². The van der Waals surface area contributed by atoms with E-state index >= 15 is 0 Å². The Kier molecular flexibility index (Phi) is 5.01. The molecular weight excluding hydrogens is 345 g/mol. The number of hydrogen-bond donors (Lipinski definition) is 2. The van der Waals surface area contributed by atoms with Crippen LogP contribution < -0.4 is 10.6 Å². The number of aromatic nitrogens is 2. The van der Waals surface area contributed by atoms with Gasteiger partial charge in [0.05, 0.1) is 11.1 Å². The predicted octanol–water partition coefficient (Wildman–Crippen LogP) is 3.49. The largest absolute Gasteiger partial charge is 0.419 e. The first kappa shape index (κ1) is 17.7. The zero-order chi connectivity index (χ0) is 18.6. The van der Waals surface area contributed by atoms with Crippen molar-refractivity contribution >= 4 is 22.6 Å². The van der Waals surface area contributed by atoms with Crippen LogP contribution in [0.2, 0.25) is 0 Å². The first-order chi connectivity index (χ1) is 12.4. The molecular formula is C18H15F3N4O. The van der Waals surface area contributed by atoms with E-state index in [0.717, 1.165) is 11.5 Å². The quantitative estimate of drug-likeness (QED) is 0.684. The molecule has 0 radical (unpaired) electrons. The highest BCUT2D eigenvalue weighted by Gasteiger charge is 2.33. The number of pyridine rings is 2. The maximum Gasteiger partial charge on any atom is 0.419 e. The van der Waals surface area contributed by atoms with Crippen LogP contribution in [-0.2, 0) is 6.18 Å². The number of hydrogen-bond acceptors (Lipinski definition) is 4. The van der Waals surface area contributed by atoms with Crippen LogP contribution in [0.15, 0.2) is 54.7 Å². The Morgan fingerprint density at radius 3 is 2.62 bits per heavy atom. The van der Waals surface area contributed by atoms with Crippen LogP contribution in [0.3, 0.4) is 0 Å². The summed E-state index contributed by atoms with van der Waals surface area (Å²) in [4.78, 5) is 20.1. The van der Waals surface area contributed by atoms with Crippen molar-refractivity contribution in [2.75, 3.05) is 18.4 Å². The van der Waals surface area contributed by atoms with Gasteiger partial charge in [0.15, 0.2) is 0 Å². The van der Waals surface area contributed by atoms with Crippen LogP contribution >= 0.6 is 0 Å². The molecule has 5 nitrogen and oxygen atoms in total. The second-order valence-corrected chi connectivity index (χ2v) is 5.47. The van der Waals surface area contributed by atoms with E-state index in [1.54, 1.807) is 18.2 Å². The Labute approximate surface area is 147 Å². The van der Waals surface area contributed by atoms with Crippen molar-refractivity contribution in [1.29, 1.82) is 0 Å². The third kappa shape index (κ3) is 4.08. The van der Waals surface area contributed by atoms with Crippen LogP contribution in [0.4, 0.5) is 19.0 Å². The van der Waals surface area contributed by atoms with Gasteiger partial charge in [-0.25, -0.2) is 9.97 Å². The molecule has 0 atom stereocenters. The number of anilines is 1. The summed E-state index contributed by atoms with van der Waals surface area (Å²) in [5.74, 6) is -0.660. The van der Waals surface area contributed by atoms with E-state index < -0.39 is 17.6 Å². The summed E-state index contributed by atoms with van der Waals surface area (Å²) in [5.41, 5.74) is 0.0987. The van der Waals surface area contributed by atoms with E-state index in [9.17, 15) is 18.0 Å². The van der Waals surface area contributed by atoms with Gasteiger partial charge < -0.3 is 10.6 Å². The van der Waals surface area contributed by atoms with Gasteiger partial charge in [-0.2, -0.15) is 13.2 Å². The lowest BCUT2D eigenvalue weighted by Crippen LogP contribution is -2.30.